The van der Waals surface area contributed by atoms with Crippen LogP contribution in [0.4, 0.5) is 0 Å². The van der Waals surface area contributed by atoms with E-state index in [1.807, 2.05) is 24.4 Å². The number of hydrogen-bond donors (Lipinski definition) is 0. The molecule has 0 saturated carbocycles. The molecule has 1 aliphatic rings. The van der Waals surface area contributed by atoms with Crippen LogP contribution in [-0.4, -0.2) is 44.1 Å². The summed E-state index contributed by atoms with van der Waals surface area (Å²) in [5.74, 6) is 0. The first-order chi connectivity index (χ1) is 9.90. The number of benzene rings is 1. The zero-order valence-electron chi connectivity index (χ0n) is 12.2. The van der Waals surface area contributed by atoms with Gasteiger partial charge in [-0.15, -0.1) is 0 Å². The summed E-state index contributed by atoms with van der Waals surface area (Å²) in [6.45, 7) is 3.18. The lowest BCUT2D eigenvalue weighted by molar-refractivity contribution is 0.116. The van der Waals surface area contributed by atoms with Gasteiger partial charge < -0.3 is 9.47 Å². The molecule has 0 amide bonds. The van der Waals surface area contributed by atoms with Gasteiger partial charge in [0.15, 0.2) is 0 Å². The molecule has 0 aliphatic carbocycles. The fraction of sp³-hybridized carbons (Fsp3) is 0.562. The molecular weight excluding hydrogens is 252 g/mol. The Balaban J connectivity index is 1.59. The molecule has 1 atom stereocenters. The molecule has 1 aliphatic heterocycles. The maximum absolute atomic E-state index is 5.62. The van der Waals surface area contributed by atoms with Crippen LogP contribution in [-0.2, 0) is 16.1 Å². The molecule has 1 aromatic carbocycles. The average molecular weight is 276 g/mol. The lowest BCUT2D eigenvalue weighted by Crippen LogP contribution is -2.28. The number of hydrogen-bond acceptors (Lipinski definition) is 4. The Morgan fingerprint density at radius 3 is 3.00 bits per heavy atom. The normalized spacial score (nSPS) is 19.1. The third kappa shape index (κ3) is 4.94. The van der Waals surface area contributed by atoms with Gasteiger partial charge in [0.2, 0.25) is 0 Å². The van der Waals surface area contributed by atoms with E-state index in [1.165, 1.54) is 18.4 Å². The van der Waals surface area contributed by atoms with Crippen LogP contribution in [0, 0.1) is 0 Å². The predicted molar refractivity (Wildman–Crippen MR) is 80.8 cm³/mol. The highest BCUT2D eigenvalue weighted by atomic mass is 16.5. The smallest absolute Gasteiger partial charge is 0.0717 e. The number of methoxy groups -OCH3 is 1. The average Bonchev–Trinajstić information content (AvgIpc) is 2.92. The summed E-state index contributed by atoms with van der Waals surface area (Å²) in [6, 6.07) is 10.7. The van der Waals surface area contributed by atoms with Gasteiger partial charge in [0, 0.05) is 26.3 Å². The van der Waals surface area contributed by atoms with Gasteiger partial charge in [-0.1, -0.05) is 30.3 Å². The Labute approximate surface area is 121 Å². The minimum atomic E-state index is 0.446. The largest absolute Gasteiger partial charge is 0.382 e. The monoisotopic (exact) mass is 276 g/mol. The highest BCUT2D eigenvalue weighted by molar-refractivity contribution is 5.56. The molecule has 0 bridgehead atoms. The van der Waals surface area contributed by atoms with Crippen molar-refractivity contribution in [3.8, 4) is 0 Å². The maximum atomic E-state index is 5.62. The van der Waals surface area contributed by atoms with Crippen LogP contribution in [0.1, 0.15) is 24.8 Å². The summed E-state index contributed by atoms with van der Waals surface area (Å²) >= 11 is 0. The van der Waals surface area contributed by atoms with E-state index in [4.69, 9.17) is 9.47 Å². The van der Waals surface area contributed by atoms with Crippen molar-refractivity contribution in [1.29, 1.82) is 0 Å². The van der Waals surface area contributed by atoms with Crippen molar-refractivity contribution in [1.82, 2.24) is 5.01 Å². The van der Waals surface area contributed by atoms with E-state index in [-0.39, 0.29) is 0 Å². The quantitative estimate of drug-likeness (QED) is 0.541. The SMILES string of the molecule is COCC1CCCN1/N=C/CCOCc1ccccc1. The van der Waals surface area contributed by atoms with Crippen molar-refractivity contribution in [2.75, 3.05) is 26.9 Å². The van der Waals surface area contributed by atoms with Gasteiger partial charge in [-0.3, -0.25) is 5.01 Å². The van der Waals surface area contributed by atoms with Crippen molar-refractivity contribution in [3.63, 3.8) is 0 Å². The summed E-state index contributed by atoms with van der Waals surface area (Å²) in [6.07, 6.45) is 5.19. The first-order valence-electron chi connectivity index (χ1n) is 7.30. The first kappa shape index (κ1) is 15.0. The molecule has 1 heterocycles. The molecule has 1 unspecified atom stereocenters. The second-order valence-electron chi connectivity index (χ2n) is 5.04. The van der Waals surface area contributed by atoms with E-state index in [2.05, 4.69) is 22.2 Å². The molecule has 1 aromatic rings. The lowest BCUT2D eigenvalue weighted by Gasteiger charge is -2.20. The van der Waals surface area contributed by atoms with Crippen molar-refractivity contribution in [3.05, 3.63) is 35.9 Å². The second kappa shape index (κ2) is 8.72. The van der Waals surface area contributed by atoms with Gasteiger partial charge >= 0.3 is 0 Å². The van der Waals surface area contributed by atoms with Gasteiger partial charge in [0.25, 0.3) is 0 Å². The number of nitrogens with zero attached hydrogens (tertiary/aromatic N) is 2. The summed E-state index contributed by atoms with van der Waals surface area (Å²) in [7, 11) is 1.75. The van der Waals surface area contributed by atoms with Crippen molar-refractivity contribution >= 4 is 6.21 Å². The minimum Gasteiger partial charge on any atom is -0.382 e. The van der Waals surface area contributed by atoms with Crippen LogP contribution in [0.15, 0.2) is 35.4 Å². The minimum absolute atomic E-state index is 0.446. The highest BCUT2D eigenvalue weighted by Crippen LogP contribution is 2.17. The zero-order chi connectivity index (χ0) is 14.0. The molecule has 0 spiro atoms. The standard InChI is InChI=1S/C16H24N2O2/c1-19-14-16-9-5-11-18(16)17-10-6-12-20-13-15-7-3-2-4-8-15/h2-4,7-8,10,16H,5-6,9,11-14H2,1H3/b17-10+. The van der Waals surface area contributed by atoms with Crippen LogP contribution >= 0.6 is 0 Å². The van der Waals surface area contributed by atoms with Gasteiger partial charge in [-0.05, 0) is 18.4 Å². The molecular formula is C16H24N2O2. The molecule has 4 heteroatoms. The van der Waals surface area contributed by atoms with Crippen LogP contribution in [0.5, 0.6) is 0 Å². The molecule has 1 fully saturated rings. The fourth-order valence-corrected chi connectivity index (χ4v) is 2.40. The van der Waals surface area contributed by atoms with Crippen molar-refractivity contribution in [2.45, 2.75) is 31.9 Å². The summed E-state index contributed by atoms with van der Waals surface area (Å²) < 4.78 is 10.8. The van der Waals surface area contributed by atoms with Crippen LogP contribution in [0.3, 0.4) is 0 Å². The number of rotatable bonds is 8. The molecule has 0 aromatic heterocycles. The summed E-state index contributed by atoms with van der Waals surface area (Å²) in [5.41, 5.74) is 1.21. The zero-order valence-corrected chi connectivity index (χ0v) is 12.2. The summed E-state index contributed by atoms with van der Waals surface area (Å²) in [5, 5.41) is 6.66. The fourth-order valence-electron chi connectivity index (χ4n) is 2.40. The Morgan fingerprint density at radius 1 is 1.35 bits per heavy atom. The van der Waals surface area contributed by atoms with E-state index >= 15 is 0 Å². The van der Waals surface area contributed by atoms with Gasteiger partial charge in [-0.25, -0.2) is 0 Å². The van der Waals surface area contributed by atoms with Gasteiger partial charge in [0.05, 0.1) is 25.9 Å². The number of hydrazone groups is 1. The predicted octanol–water partition coefficient (Wildman–Crippen LogP) is 2.69. The van der Waals surface area contributed by atoms with E-state index in [1.54, 1.807) is 7.11 Å². The van der Waals surface area contributed by atoms with Crippen LogP contribution in [0.2, 0.25) is 0 Å². The Morgan fingerprint density at radius 2 is 2.20 bits per heavy atom. The van der Waals surface area contributed by atoms with Crippen molar-refractivity contribution < 1.29 is 9.47 Å². The van der Waals surface area contributed by atoms with Crippen molar-refractivity contribution in [2.24, 2.45) is 5.10 Å². The van der Waals surface area contributed by atoms with E-state index in [0.29, 0.717) is 19.3 Å². The highest BCUT2D eigenvalue weighted by Gasteiger charge is 2.22. The third-order valence-electron chi connectivity index (χ3n) is 3.44. The number of ether oxygens (including phenoxy) is 2. The van der Waals surface area contributed by atoms with Crippen LogP contribution in [0.25, 0.3) is 0 Å². The molecule has 110 valence electrons. The topological polar surface area (TPSA) is 34.1 Å². The molecule has 1 saturated heterocycles. The Kier molecular flexibility index (Phi) is 6.54. The Hall–Kier alpha value is -1.39. The Bertz CT molecular complexity index is 395. The van der Waals surface area contributed by atoms with E-state index in [9.17, 15) is 0 Å². The van der Waals surface area contributed by atoms with E-state index in [0.717, 1.165) is 19.6 Å². The molecule has 2 rings (SSSR count). The van der Waals surface area contributed by atoms with Gasteiger partial charge in [-0.2, -0.15) is 5.10 Å². The molecule has 20 heavy (non-hydrogen) atoms. The first-order valence-corrected chi connectivity index (χ1v) is 7.30. The van der Waals surface area contributed by atoms with Gasteiger partial charge in [0.1, 0.15) is 0 Å². The lowest BCUT2D eigenvalue weighted by atomic mass is 10.2. The third-order valence-corrected chi connectivity index (χ3v) is 3.44. The molecule has 0 N–H and O–H groups in total. The van der Waals surface area contributed by atoms with Crippen LogP contribution < -0.4 is 0 Å². The maximum Gasteiger partial charge on any atom is 0.0717 e. The molecule has 0 radical (unpaired) electrons. The second-order valence-corrected chi connectivity index (χ2v) is 5.04. The molecule has 4 nitrogen and oxygen atoms in total. The van der Waals surface area contributed by atoms with E-state index < -0.39 is 0 Å². The summed E-state index contributed by atoms with van der Waals surface area (Å²) in [4.78, 5) is 0.